The second-order valence-corrected chi connectivity index (χ2v) is 8.66. The minimum atomic E-state index is -3.69. The average molecular weight is 370 g/mol. The standard InChI is InChI=1S/C15H12ClNO2S3/c16-12-6-8-13(9-7-12)22(18,19)17-14(10-21-15(17)20)11-4-2-1-3-5-11/h1-9,14H,10H2/t14-/m0/s1. The molecule has 1 saturated heterocycles. The first kappa shape index (κ1) is 15.8. The Morgan fingerprint density at radius 3 is 2.36 bits per heavy atom. The Morgan fingerprint density at radius 1 is 1.09 bits per heavy atom. The molecule has 22 heavy (non-hydrogen) atoms. The maximum absolute atomic E-state index is 12.9. The molecule has 0 aromatic heterocycles. The molecule has 3 rings (SSSR count). The van der Waals surface area contributed by atoms with E-state index in [4.69, 9.17) is 23.8 Å². The zero-order valence-corrected chi connectivity index (χ0v) is 14.6. The zero-order valence-electron chi connectivity index (χ0n) is 11.3. The third-order valence-corrected chi connectivity index (χ3v) is 7.16. The predicted molar refractivity (Wildman–Crippen MR) is 94.7 cm³/mol. The van der Waals surface area contributed by atoms with Gasteiger partial charge in [0.25, 0.3) is 10.0 Å². The van der Waals surface area contributed by atoms with Crippen molar-refractivity contribution in [1.29, 1.82) is 0 Å². The van der Waals surface area contributed by atoms with E-state index in [1.807, 2.05) is 30.3 Å². The third-order valence-electron chi connectivity index (χ3n) is 3.38. The predicted octanol–water partition coefficient (Wildman–Crippen LogP) is 4.10. The fourth-order valence-electron chi connectivity index (χ4n) is 2.30. The minimum absolute atomic E-state index is 0.197. The summed E-state index contributed by atoms with van der Waals surface area (Å²) in [6.45, 7) is 0. The average Bonchev–Trinajstić information content (AvgIpc) is 2.91. The number of hydrogen-bond donors (Lipinski definition) is 0. The van der Waals surface area contributed by atoms with Crippen molar-refractivity contribution in [2.24, 2.45) is 0 Å². The van der Waals surface area contributed by atoms with Gasteiger partial charge < -0.3 is 0 Å². The first-order valence-electron chi connectivity index (χ1n) is 6.52. The van der Waals surface area contributed by atoms with Crippen molar-refractivity contribution in [3.05, 3.63) is 65.2 Å². The van der Waals surface area contributed by atoms with Gasteiger partial charge in [0.2, 0.25) is 0 Å². The summed E-state index contributed by atoms with van der Waals surface area (Å²) in [6, 6.07) is 15.4. The van der Waals surface area contributed by atoms with Crippen molar-refractivity contribution in [3.63, 3.8) is 0 Å². The molecule has 2 aromatic carbocycles. The normalized spacial score (nSPS) is 18.7. The summed E-state index contributed by atoms with van der Waals surface area (Å²) < 4.78 is 27.6. The zero-order chi connectivity index (χ0) is 15.7. The highest BCUT2D eigenvalue weighted by Crippen LogP contribution is 2.39. The van der Waals surface area contributed by atoms with E-state index in [1.54, 1.807) is 12.1 Å². The molecule has 0 spiro atoms. The summed E-state index contributed by atoms with van der Waals surface area (Å²) in [5, 5.41) is 0.497. The Morgan fingerprint density at radius 2 is 1.73 bits per heavy atom. The van der Waals surface area contributed by atoms with Gasteiger partial charge in [-0.25, -0.2) is 12.7 Å². The summed E-state index contributed by atoms with van der Waals surface area (Å²) >= 11 is 12.5. The first-order valence-corrected chi connectivity index (χ1v) is 9.73. The van der Waals surface area contributed by atoms with Crippen LogP contribution in [-0.2, 0) is 10.0 Å². The molecule has 1 fully saturated rings. The van der Waals surface area contributed by atoms with Crippen LogP contribution in [-0.4, -0.2) is 22.8 Å². The number of rotatable bonds is 3. The molecular weight excluding hydrogens is 358 g/mol. The van der Waals surface area contributed by atoms with Crippen molar-refractivity contribution in [2.45, 2.75) is 10.9 Å². The molecular formula is C15H12ClNO2S3. The maximum atomic E-state index is 12.9. The number of thioether (sulfide) groups is 1. The van der Waals surface area contributed by atoms with E-state index in [2.05, 4.69) is 0 Å². The van der Waals surface area contributed by atoms with Crippen LogP contribution in [0.5, 0.6) is 0 Å². The maximum Gasteiger partial charge on any atom is 0.265 e. The van der Waals surface area contributed by atoms with Gasteiger partial charge in [-0.3, -0.25) is 0 Å². The Bertz CT molecular complexity index is 791. The lowest BCUT2D eigenvalue weighted by atomic mass is 10.1. The molecule has 0 N–H and O–H groups in total. The number of nitrogens with zero attached hydrogens (tertiary/aromatic N) is 1. The monoisotopic (exact) mass is 369 g/mol. The summed E-state index contributed by atoms with van der Waals surface area (Å²) in [5.74, 6) is 0.621. The van der Waals surface area contributed by atoms with Crippen LogP contribution >= 0.6 is 35.6 Å². The number of halogens is 1. The summed E-state index contributed by atoms with van der Waals surface area (Å²) in [4.78, 5) is 0.197. The fraction of sp³-hybridized carbons (Fsp3) is 0.133. The quantitative estimate of drug-likeness (QED) is 0.763. The second-order valence-electron chi connectivity index (χ2n) is 4.76. The third kappa shape index (κ3) is 2.88. The molecule has 0 unspecified atom stereocenters. The second kappa shape index (κ2) is 6.20. The van der Waals surface area contributed by atoms with Crippen molar-refractivity contribution in [3.8, 4) is 0 Å². The number of hydrogen-bond acceptors (Lipinski definition) is 4. The Hall–Kier alpha value is -1.08. The summed E-state index contributed by atoms with van der Waals surface area (Å²) in [5.41, 5.74) is 0.937. The van der Waals surface area contributed by atoms with Gasteiger partial charge in [-0.05, 0) is 29.8 Å². The van der Waals surface area contributed by atoms with Crippen molar-refractivity contribution in [2.75, 3.05) is 5.75 Å². The molecule has 1 heterocycles. The van der Waals surface area contributed by atoms with Crippen molar-refractivity contribution in [1.82, 2.24) is 4.31 Å². The first-order chi connectivity index (χ1) is 10.5. The summed E-state index contributed by atoms with van der Waals surface area (Å²) in [6.07, 6.45) is 0. The van der Waals surface area contributed by atoms with Crippen LogP contribution in [0.2, 0.25) is 5.02 Å². The topological polar surface area (TPSA) is 37.4 Å². The lowest BCUT2D eigenvalue weighted by Crippen LogP contribution is -2.33. The Labute approximate surface area is 144 Å². The van der Waals surface area contributed by atoms with Crippen LogP contribution in [0.4, 0.5) is 0 Å². The van der Waals surface area contributed by atoms with E-state index in [-0.39, 0.29) is 10.9 Å². The van der Waals surface area contributed by atoms with E-state index < -0.39 is 10.0 Å². The van der Waals surface area contributed by atoms with E-state index in [1.165, 1.54) is 28.2 Å². The SMILES string of the molecule is O=S(=O)(c1ccc(Cl)cc1)N1C(=S)SC[C@H]1c1ccccc1. The molecule has 0 saturated carbocycles. The molecule has 0 aliphatic carbocycles. The van der Waals surface area contributed by atoms with E-state index in [0.29, 0.717) is 15.1 Å². The molecule has 0 bridgehead atoms. The lowest BCUT2D eigenvalue weighted by molar-refractivity contribution is 0.481. The van der Waals surface area contributed by atoms with E-state index in [0.717, 1.165) is 5.56 Å². The van der Waals surface area contributed by atoms with Gasteiger partial charge in [-0.2, -0.15) is 0 Å². The minimum Gasteiger partial charge on any atom is -0.242 e. The molecule has 114 valence electrons. The summed E-state index contributed by atoms with van der Waals surface area (Å²) in [7, 11) is -3.69. The highest BCUT2D eigenvalue weighted by atomic mass is 35.5. The van der Waals surface area contributed by atoms with Gasteiger partial charge in [0.05, 0.1) is 10.9 Å². The largest absolute Gasteiger partial charge is 0.265 e. The molecule has 3 nitrogen and oxygen atoms in total. The van der Waals surface area contributed by atoms with Crippen molar-refractivity contribution >= 4 is 49.9 Å². The van der Waals surface area contributed by atoms with Crippen LogP contribution in [0.1, 0.15) is 11.6 Å². The van der Waals surface area contributed by atoms with Gasteiger partial charge in [-0.1, -0.05) is 65.9 Å². The number of sulfonamides is 1. The van der Waals surface area contributed by atoms with Crippen LogP contribution < -0.4 is 0 Å². The lowest BCUT2D eigenvalue weighted by Gasteiger charge is -2.25. The van der Waals surface area contributed by atoms with Gasteiger partial charge in [0.1, 0.15) is 0 Å². The van der Waals surface area contributed by atoms with Gasteiger partial charge in [0, 0.05) is 10.8 Å². The molecule has 0 radical (unpaired) electrons. The molecule has 1 atom stereocenters. The fourth-order valence-corrected chi connectivity index (χ4v) is 5.93. The smallest absolute Gasteiger partial charge is 0.242 e. The van der Waals surface area contributed by atoms with Crippen LogP contribution in [0.25, 0.3) is 0 Å². The van der Waals surface area contributed by atoms with E-state index in [9.17, 15) is 8.42 Å². The highest BCUT2D eigenvalue weighted by Gasteiger charge is 2.39. The molecule has 2 aromatic rings. The Kier molecular flexibility index (Phi) is 4.45. The van der Waals surface area contributed by atoms with Crippen molar-refractivity contribution < 1.29 is 8.42 Å². The van der Waals surface area contributed by atoms with Gasteiger partial charge >= 0.3 is 0 Å². The van der Waals surface area contributed by atoms with E-state index >= 15 is 0 Å². The number of thiocarbonyl (C=S) groups is 1. The molecule has 0 amide bonds. The Balaban J connectivity index is 2.03. The molecule has 1 aliphatic heterocycles. The molecule has 1 aliphatic rings. The van der Waals surface area contributed by atoms with Gasteiger partial charge in [-0.15, -0.1) is 0 Å². The van der Waals surface area contributed by atoms with Gasteiger partial charge in [0.15, 0.2) is 4.32 Å². The highest BCUT2D eigenvalue weighted by molar-refractivity contribution is 8.24. The molecule has 7 heteroatoms. The number of benzene rings is 2. The van der Waals surface area contributed by atoms with Crippen LogP contribution in [0, 0.1) is 0 Å². The van der Waals surface area contributed by atoms with Crippen LogP contribution in [0.3, 0.4) is 0 Å². The van der Waals surface area contributed by atoms with Crippen LogP contribution in [0.15, 0.2) is 59.5 Å².